The number of halogens is 2. The molecule has 0 spiro atoms. The van der Waals surface area contributed by atoms with Crippen molar-refractivity contribution >= 4 is 26.0 Å². The molecule has 1 aliphatic heterocycles. The van der Waals surface area contributed by atoms with Crippen LogP contribution in [0.4, 0.5) is 4.39 Å². The summed E-state index contributed by atoms with van der Waals surface area (Å²) in [5.41, 5.74) is 0. The predicted molar refractivity (Wildman–Crippen MR) is 75.9 cm³/mol. The molecule has 0 radical (unpaired) electrons. The first-order chi connectivity index (χ1) is 8.82. The van der Waals surface area contributed by atoms with Crippen molar-refractivity contribution in [1.29, 1.82) is 0 Å². The highest BCUT2D eigenvalue weighted by atomic mass is 79.9. The summed E-state index contributed by atoms with van der Waals surface area (Å²) in [5.74, 6) is -0.399. The number of nitrogens with zero attached hydrogens (tertiary/aromatic N) is 1. The van der Waals surface area contributed by atoms with E-state index in [2.05, 4.69) is 15.9 Å². The van der Waals surface area contributed by atoms with Crippen LogP contribution in [0.2, 0.25) is 0 Å². The Labute approximate surface area is 122 Å². The highest BCUT2D eigenvalue weighted by Crippen LogP contribution is 2.29. The van der Waals surface area contributed by atoms with Crippen molar-refractivity contribution in [3.63, 3.8) is 0 Å². The fourth-order valence-electron chi connectivity index (χ4n) is 2.39. The van der Waals surface area contributed by atoms with Crippen molar-refractivity contribution in [3.05, 3.63) is 28.5 Å². The Balaban J connectivity index is 2.41. The van der Waals surface area contributed by atoms with Gasteiger partial charge >= 0.3 is 0 Å². The zero-order chi connectivity index (χ0) is 14.2. The highest BCUT2D eigenvalue weighted by molar-refractivity contribution is 9.10. The Morgan fingerprint density at radius 1 is 1.32 bits per heavy atom. The molecule has 19 heavy (non-hydrogen) atoms. The number of hydrogen-bond donors (Lipinski definition) is 0. The van der Waals surface area contributed by atoms with E-state index in [1.807, 2.05) is 13.8 Å². The number of rotatable bonds is 2. The number of sulfonamides is 1. The summed E-state index contributed by atoms with van der Waals surface area (Å²) in [6.45, 7) is 4.35. The predicted octanol–water partition coefficient (Wildman–Crippen LogP) is 3.40. The molecular weight excluding hydrogens is 333 g/mol. The minimum Gasteiger partial charge on any atom is -0.207 e. The zero-order valence-electron chi connectivity index (χ0n) is 10.9. The third kappa shape index (κ3) is 3.01. The molecule has 0 bridgehead atoms. The monoisotopic (exact) mass is 349 g/mol. The lowest BCUT2D eigenvalue weighted by Gasteiger charge is -2.35. The van der Waals surface area contributed by atoms with Crippen molar-refractivity contribution in [2.75, 3.05) is 6.54 Å². The average Bonchev–Trinajstić information content (AvgIpc) is 2.31. The molecule has 106 valence electrons. The van der Waals surface area contributed by atoms with Gasteiger partial charge in [0.15, 0.2) is 0 Å². The van der Waals surface area contributed by atoms with Crippen LogP contribution < -0.4 is 0 Å². The lowest BCUT2D eigenvalue weighted by atomic mass is 9.97. The molecule has 0 N–H and O–H groups in total. The molecule has 2 rings (SSSR count). The quantitative estimate of drug-likeness (QED) is 0.820. The molecule has 2 atom stereocenters. The Bertz CT molecular complexity index is 576. The first kappa shape index (κ1) is 14.9. The number of hydrogen-bond acceptors (Lipinski definition) is 2. The largest absolute Gasteiger partial charge is 0.246 e. The maximum atomic E-state index is 13.9. The Kier molecular flexibility index (Phi) is 4.32. The molecule has 1 heterocycles. The normalized spacial score (nSPS) is 25.5. The summed E-state index contributed by atoms with van der Waals surface area (Å²) in [6.07, 6.45) is 1.83. The molecule has 6 heteroatoms. The summed E-state index contributed by atoms with van der Waals surface area (Å²) >= 11 is 3.13. The Morgan fingerprint density at radius 3 is 2.63 bits per heavy atom. The van der Waals surface area contributed by atoms with E-state index in [0.717, 1.165) is 12.8 Å². The van der Waals surface area contributed by atoms with Crippen molar-refractivity contribution in [1.82, 2.24) is 4.31 Å². The van der Waals surface area contributed by atoms with Crippen molar-refractivity contribution < 1.29 is 12.8 Å². The molecule has 1 aliphatic rings. The van der Waals surface area contributed by atoms with Gasteiger partial charge in [-0.1, -0.05) is 22.9 Å². The molecule has 1 fully saturated rings. The third-order valence-corrected chi connectivity index (χ3v) is 6.05. The molecule has 1 aromatic rings. The van der Waals surface area contributed by atoms with Crippen LogP contribution in [0.15, 0.2) is 27.6 Å². The van der Waals surface area contributed by atoms with Crippen molar-refractivity contribution in [2.45, 2.75) is 37.6 Å². The van der Waals surface area contributed by atoms with Gasteiger partial charge in [0.1, 0.15) is 10.7 Å². The first-order valence-electron chi connectivity index (χ1n) is 6.29. The van der Waals surface area contributed by atoms with Crippen LogP contribution in [0, 0.1) is 11.7 Å². The summed E-state index contributed by atoms with van der Waals surface area (Å²) in [6, 6.07) is 3.98. The smallest absolute Gasteiger partial charge is 0.207 e. The van der Waals surface area contributed by atoms with E-state index in [0.29, 0.717) is 16.9 Å². The SMILES string of the molecule is CC1CCC(C)N(S(=O)(=O)c2ccc(Br)cc2F)C1. The van der Waals surface area contributed by atoms with E-state index in [9.17, 15) is 12.8 Å². The van der Waals surface area contributed by atoms with Crippen molar-refractivity contribution in [2.24, 2.45) is 5.92 Å². The van der Waals surface area contributed by atoms with Crippen LogP contribution in [-0.2, 0) is 10.0 Å². The van der Waals surface area contributed by atoms with Crippen molar-refractivity contribution in [3.8, 4) is 0 Å². The van der Waals surface area contributed by atoms with Gasteiger partial charge in [0.2, 0.25) is 10.0 Å². The van der Waals surface area contributed by atoms with Gasteiger partial charge in [0, 0.05) is 17.1 Å². The van der Waals surface area contributed by atoms with E-state index >= 15 is 0 Å². The molecule has 0 amide bonds. The van der Waals surface area contributed by atoms with Gasteiger partial charge in [-0.2, -0.15) is 4.31 Å². The topological polar surface area (TPSA) is 37.4 Å². The molecule has 2 unspecified atom stereocenters. The Hall–Kier alpha value is -0.460. The average molecular weight is 350 g/mol. The second-order valence-electron chi connectivity index (χ2n) is 5.18. The second-order valence-corrected chi connectivity index (χ2v) is 7.96. The fourth-order valence-corrected chi connectivity index (χ4v) is 4.55. The van der Waals surface area contributed by atoms with Gasteiger partial charge in [-0.3, -0.25) is 0 Å². The van der Waals surface area contributed by atoms with Crippen LogP contribution in [0.3, 0.4) is 0 Å². The minimum absolute atomic E-state index is 0.0794. The maximum Gasteiger partial charge on any atom is 0.246 e. The van der Waals surface area contributed by atoms with E-state index in [1.165, 1.54) is 16.4 Å². The van der Waals surface area contributed by atoms with E-state index in [4.69, 9.17) is 0 Å². The van der Waals surface area contributed by atoms with Crippen LogP contribution in [0.5, 0.6) is 0 Å². The van der Waals surface area contributed by atoms with Gasteiger partial charge in [0.05, 0.1) is 0 Å². The first-order valence-corrected chi connectivity index (χ1v) is 8.52. The van der Waals surface area contributed by atoms with Crippen LogP contribution in [0.25, 0.3) is 0 Å². The fraction of sp³-hybridized carbons (Fsp3) is 0.538. The Morgan fingerprint density at radius 2 is 2.00 bits per heavy atom. The van der Waals surface area contributed by atoms with Gasteiger partial charge in [-0.05, 0) is 43.9 Å². The number of benzene rings is 1. The standard InChI is InChI=1S/C13H17BrFNO2S/c1-9-3-4-10(2)16(8-9)19(17,18)13-6-5-11(14)7-12(13)15/h5-7,9-10H,3-4,8H2,1-2H3. The van der Waals surface area contributed by atoms with Gasteiger partial charge in [-0.15, -0.1) is 0 Å². The van der Waals surface area contributed by atoms with E-state index in [1.54, 1.807) is 6.07 Å². The van der Waals surface area contributed by atoms with E-state index < -0.39 is 15.8 Å². The summed E-state index contributed by atoms with van der Waals surface area (Å²) in [7, 11) is -3.75. The molecule has 0 saturated carbocycles. The molecular formula is C13H17BrFNO2S. The van der Waals surface area contributed by atoms with Crippen LogP contribution in [-0.4, -0.2) is 25.3 Å². The highest BCUT2D eigenvalue weighted by Gasteiger charge is 2.34. The van der Waals surface area contributed by atoms with E-state index in [-0.39, 0.29) is 10.9 Å². The van der Waals surface area contributed by atoms with Gasteiger partial charge in [0.25, 0.3) is 0 Å². The maximum absolute atomic E-state index is 13.9. The zero-order valence-corrected chi connectivity index (χ0v) is 13.3. The molecule has 1 aromatic carbocycles. The summed E-state index contributed by atoms with van der Waals surface area (Å²) in [5, 5.41) is 0. The second kappa shape index (κ2) is 5.50. The molecule has 3 nitrogen and oxygen atoms in total. The summed E-state index contributed by atoms with van der Waals surface area (Å²) < 4.78 is 40.9. The third-order valence-electron chi connectivity index (χ3n) is 3.54. The lowest BCUT2D eigenvalue weighted by Crippen LogP contribution is -2.45. The van der Waals surface area contributed by atoms with Gasteiger partial charge < -0.3 is 0 Å². The van der Waals surface area contributed by atoms with Gasteiger partial charge in [-0.25, -0.2) is 12.8 Å². The molecule has 0 aromatic heterocycles. The van der Waals surface area contributed by atoms with Crippen LogP contribution >= 0.6 is 15.9 Å². The minimum atomic E-state index is -3.75. The molecule has 0 aliphatic carbocycles. The number of piperidine rings is 1. The summed E-state index contributed by atoms with van der Waals surface area (Å²) in [4.78, 5) is -0.239. The van der Waals surface area contributed by atoms with Crippen LogP contribution in [0.1, 0.15) is 26.7 Å². The molecule has 1 saturated heterocycles. The lowest BCUT2D eigenvalue weighted by molar-refractivity contribution is 0.217.